The highest BCUT2D eigenvalue weighted by atomic mass is 15.3. The van der Waals surface area contributed by atoms with Gasteiger partial charge in [0.25, 0.3) is 0 Å². The molecule has 1 aliphatic rings. The fourth-order valence-corrected chi connectivity index (χ4v) is 2.32. The highest BCUT2D eigenvalue weighted by Gasteiger charge is 2.21. The first-order valence-electron chi connectivity index (χ1n) is 6.31. The minimum atomic E-state index is 0.445. The first-order valence-corrected chi connectivity index (χ1v) is 6.31. The highest BCUT2D eigenvalue weighted by Crippen LogP contribution is 2.16. The molecule has 0 N–H and O–H groups in total. The van der Waals surface area contributed by atoms with Gasteiger partial charge in [-0.25, -0.2) is 0 Å². The van der Waals surface area contributed by atoms with Crippen molar-refractivity contribution in [2.75, 3.05) is 39.3 Å². The van der Waals surface area contributed by atoms with Gasteiger partial charge in [-0.05, 0) is 11.3 Å². The van der Waals surface area contributed by atoms with Crippen LogP contribution < -0.4 is 0 Å². The Morgan fingerprint density at radius 3 is 1.80 bits per heavy atom. The molecule has 1 rings (SSSR count). The predicted octanol–water partition coefficient (Wildman–Crippen LogP) is 2.31. The minimum absolute atomic E-state index is 0.445. The van der Waals surface area contributed by atoms with Gasteiger partial charge in [-0.3, -0.25) is 0 Å². The van der Waals surface area contributed by atoms with E-state index >= 15 is 0 Å². The Morgan fingerprint density at radius 1 is 0.933 bits per heavy atom. The van der Waals surface area contributed by atoms with Crippen molar-refractivity contribution >= 4 is 0 Å². The van der Waals surface area contributed by atoms with Crippen LogP contribution in [0.4, 0.5) is 0 Å². The number of rotatable bonds is 3. The summed E-state index contributed by atoms with van der Waals surface area (Å²) in [5.41, 5.74) is 0.445. The second-order valence-corrected chi connectivity index (χ2v) is 6.53. The van der Waals surface area contributed by atoms with Gasteiger partial charge in [0.05, 0.1) is 0 Å². The van der Waals surface area contributed by atoms with Crippen molar-refractivity contribution in [2.24, 2.45) is 11.3 Å². The van der Waals surface area contributed by atoms with E-state index in [9.17, 15) is 0 Å². The van der Waals surface area contributed by atoms with Gasteiger partial charge in [0, 0.05) is 39.3 Å². The number of piperazine rings is 1. The van der Waals surface area contributed by atoms with Crippen LogP contribution in [0.3, 0.4) is 0 Å². The Labute approximate surface area is 95.6 Å². The molecule has 1 aliphatic heterocycles. The summed E-state index contributed by atoms with van der Waals surface area (Å²) in [5, 5.41) is 0. The van der Waals surface area contributed by atoms with Crippen LogP contribution in [0, 0.1) is 11.3 Å². The molecule has 2 nitrogen and oxygen atoms in total. The molecule has 0 atom stereocenters. The van der Waals surface area contributed by atoms with Crippen molar-refractivity contribution < 1.29 is 0 Å². The third kappa shape index (κ3) is 5.53. The first-order chi connectivity index (χ1) is 6.87. The largest absolute Gasteiger partial charge is 0.301 e. The molecule has 15 heavy (non-hydrogen) atoms. The fourth-order valence-electron chi connectivity index (χ4n) is 2.32. The smallest absolute Gasteiger partial charge is 0.0110 e. The second kappa shape index (κ2) is 5.31. The zero-order chi connectivity index (χ0) is 11.5. The third-order valence-electron chi connectivity index (χ3n) is 2.79. The standard InChI is InChI=1S/C13H28N2/c1-12(2)10-14-6-8-15(9-7-14)11-13(3,4)5/h12H,6-11H2,1-5H3. The maximum absolute atomic E-state index is 2.61. The van der Waals surface area contributed by atoms with E-state index in [0.29, 0.717) is 5.41 Å². The minimum Gasteiger partial charge on any atom is -0.301 e. The van der Waals surface area contributed by atoms with Crippen LogP contribution in [0.5, 0.6) is 0 Å². The van der Waals surface area contributed by atoms with Crippen molar-refractivity contribution in [3.05, 3.63) is 0 Å². The summed E-state index contributed by atoms with van der Waals surface area (Å²) in [6.07, 6.45) is 0. The molecule has 1 heterocycles. The van der Waals surface area contributed by atoms with Crippen LogP contribution in [0.2, 0.25) is 0 Å². The SMILES string of the molecule is CC(C)CN1CCN(CC(C)(C)C)CC1. The van der Waals surface area contributed by atoms with Gasteiger partial charge in [0.15, 0.2) is 0 Å². The van der Waals surface area contributed by atoms with Crippen LogP contribution >= 0.6 is 0 Å². The lowest BCUT2D eigenvalue weighted by Crippen LogP contribution is -2.49. The van der Waals surface area contributed by atoms with Gasteiger partial charge >= 0.3 is 0 Å². The van der Waals surface area contributed by atoms with E-state index in [1.54, 1.807) is 0 Å². The van der Waals surface area contributed by atoms with Crippen LogP contribution in [0.25, 0.3) is 0 Å². The molecule has 0 saturated carbocycles. The molecule has 0 unspecified atom stereocenters. The Kier molecular flexibility index (Phi) is 4.60. The zero-order valence-electron chi connectivity index (χ0n) is 11.2. The molecule has 0 radical (unpaired) electrons. The topological polar surface area (TPSA) is 6.48 Å². The maximum Gasteiger partial charge on any atom is 0.0110 e. The normalized spacial score (nSPS) is 21.2. The van der Waals surface area contributed by atoms with Crippen LogP contribution in [0.15, 0.2) is 0 Å². The lowest BCUT2D eigenvalue weighted by atomic mass is 9.96. The Bertz CT molecular complexity index is 173. The third-order valence-corrected chi connectivity index (χ3v) is 2.79. The summed E-state index contributed by atoms with van der Waals surface area (Å²) in [4.78, 5) is 5.21. The van der Waals surface area contributed by atoms with Gasteiger partial charge in [-0.2, -0.15) is 0 Å². The fraction of sp³-hybridized carbons (Fsp3) is 1.00. The molecule has 0 bridgehead atoms. The number of hydrogen-bond acceptors (Lipinski definition) is 2. The summed E-state index contributed by atoms with van der Waals surface area (Å²) in [5.74, 6) is 0.805. The quantitative estimate of drug-likeness (QED) is 0.708. The van der Waals surface area contributed by atoms with Crippen molar-refractivity contribution in [3.8, 4) is 0 Å². The molecule has 1 saturated heterocycles. The molecular weight excluding hydrogens is 184 g/mol. The van der Waals surface area contributed by atoms with E-state index in [4.69, 9.17) is 0 Å². The van der Waals surface area contributed by atoms with Gasteiger partial charge < -0.3 is 9.80 Å². The molecule has 2 heteroatoms. The summed E-state index contributed by atoms with van der Waals surface area (Å²) < 4.78 is 0. The van der Waals surface area contributed by atoms with Gasteiger partial charge in [0.2, 0.25) is 0 Å². The Morgan fingerprint density at radius 2 is 1.40 bits per heavy atom. The van der Waals surface area contributed by atoms with E-state index in [1.165, 1.54) is 39.3 Å². The molecule has 0 aliphatic carbocycles. The first kappa shape index (κ1) is 13.0. The van der Waals surface area contributed by atoms with Crippen molar-refractivity contribution in [1.82, 2.24) is 9.80 Å². The maximum atomic E-state index is 2.61. The van der Waals surface area contributed by atoms with Crippen LogP contribution in [-0.4, -0.2) is 49.1 Å². The highest BCUT2D eigenvalue weighted by molar-refractivity contribution is 4.76. The molecular formula is C13H28N2. The number of hydrogen-bond donors (Lipinski definition) is 0. The lowest BCUT2D eigenvalue weighted by molar-refractivity contribution is 0.0954. The van der Waals surface area contributed by atoms with E-state index in [-0.39, 0.29) is 0 Å². The summed E-state index contributed by atoms with van der Waals surface area (Å²) in [6, 6.07) is 0. The predicted molar refractivity (Wildman–Crippen MR) is 67.2 cm³/mol. The van der Waals surface area contributed by atoms with Gasteiger partial charge in [-0.1, -0.05) is 34.6 Å². The number of nitrogens with zero attached hydrogens (tertiary/aromatic N) is 2. The van der Waals surface area contributed by atoms with E-state index in [2.05, 4.69) is 44.4 Å². The molecule has 0 amide bonds. The zero-order valence-corrected chi connectivity index (χ0v) is 11.2. The molecule has 90 valence electrons. The van der Waals surface area contributed by atoms with Crippen LogP contribution in [-0.2, 0) is 0 Å². The molecule has 0 aromatic rings. The molecule has 0 aromatic heterocycles. The lowest BCUT2D eigenvalue weighted by Gasteiger charge is -2.38. The summed E-state index contributed by atoms with van der Waals surface area (Å²) in [7, 11) is 0. The Balaban J connectivity index is 2.24. The second-order valence-electron chi connectivity index (χ2n) is 6.53. The van der Waals surface area contributed by atoms with Gasteiger partial charge in [0.1, 0.15) is 0 Å². The molecule has 0 aromatic carbocycles. The Hall–Kier alpha value is -0.0800. The van der Waals surface area contributed by atoms with Crippen molar-refractivity contribution in [1.29, 1.82) is 0 Å². The van der Waals surface area contributed by atoms with Crippen molar-refractivity contribution in [3.63, 3.8) is 0 Å². The summed E-state index contributed by atoms with van der Waals surface area (Å²) >= 11 is 0. The average Bonchev–Trinajstić information content (AvgIpc) is 2.05. The van der Waals surface area contributed by atoms with Crippen LogP contribution in [0.1, 0.15) is 34.6 Å². The average molecular weight is 212 g/mol. The van der Waals surface area contributed by atoms with E-state index in [1.807, 2.05) is 0 Å². The van der Waals surface area contributed by atoms with Gasteiger partial charge in [-0.15, -0.1) is 0 Å². The summed E-state index contributed by atoms with van der Waals surface area (Å²) in [6.45, 7) is 19.1. The monoisotopic (exact) mass is 212 g/mol. The van der Waals surface area contributed by atoms with E-state index in [0.717, 1.165) is 5.92 Å². The van der Waals surface area contributed by atoms with Crippen molar-refractivity contribution in [2.45, 2.75) is 34.6 Å². The molecule has 1 fully saturated rings. The molecule has 0 spiro atoms. The van der Waals surface area contributed by atoms with E-state index < -0.39 is 0 Å².